The van der Waals surface area contributed by atoms with E-state index in [0.29, 0.717) is 29.9 Å². The lowest BCUT2D eigenvalue weighted by atomic mass is 9.96. The maximum atomic E-state index is 12.4. The number of carbonyl (C=O) groups excluding carboxylic acids is 1. The Labute approximate surface area is 140 Å². The van der Waals surface area contributed by atoms with Crippen LogP contribution >= 0.6 is 0 Å². The van der Waals surface area contributed by atoms with Gasteiger partial charge in [0, 0.05) is 38.1 Å². The number of nitrogens with zero attached hydrogens (tertiary/aromatic N) is 4. The fourth-order valence-electron chi connectivity index (χ4n) is 2.77. The van der Waals surface area contributed by atoms with Gasteiger partial charge in [-0.15, -0.1) is 0 Å². The maximum absolute atomic E-state index is 12.4. The molecule has 1 aliphatic heterocycles. The Kier molecular flexibility index (Phi) is 4.20. The highest BCUT2D eigenvalue weighted by atomic mass is 32.2. The van der Waals surface area contributed by atoms with Gasteiger partial charge in [-0.1, -0.05) is 0 Å². The van der Waals surface area contributed by atoms with E-state index in [4.69, 9.17) is 4.84 Å². The number of rotatable bonds is 4. The van der Waals surface area contributed by atoms with E-state index in [1.165, 1.54) is 38.8 Å². The molecule has 130 valence electrons. The van der Waals surface area contributed by atoms with Gasteiger partial charge in [-0.25, -0.2) is 14.0 Å². The summed E-state index contributed by atoms with van der Waals surface area (Å²) in [6.45, 7) is 0.385. The van der Waals surface area contributed by atoms with Gasteiger partial charge >= 0.3 is 10.2 Å². The number of carbonyl (C=O) groups is 1. The molecule has 10 heteroatoms. The highest BCUT2D eigenvalue weighted by Crippen LogP contribution is 2.32. The molecule has 0 saturated heterocycles. The largest absolute Gasteiger partial charge is 0.364 e. The summed E-state index contributed by atoms with van der Waals surface area (Å²) in [6, 6.07) is 1.69. The second-order valence-corrected chi connectivity index (χ2v) is 7.70. The van der Waals surface area contributed by atoms with Crippen LogP contribution in [0, 0.1) is 0 Å². The highest BCUT2D eigenvalue weighted by Gasteiger charge is 2.32. The molecule has 1 aliphatic rings. The van der Waals surface area contributed by atoms with Crippen molar-refractivity contribution in [1.29, 1.82) is 0 Å². The van der Waals surface area contributed by atoms with Gasteiger partial charge in [0.15, 0.2) is 0 Å². The lowest BCUT2D eigenvalue weighted by molar-refractivity contribution is -0.0946. The second kappa shape index (κ2) is 6.04. The van der Waals surface area contributed by atoms with Crippen molar-refractivity contribution in [1.82, 2.24) is 23.3 Å². The fraction of sp³-hybridized carbons (Fsp3) is 0.429. The second-order valence-electron chi connectivity index (χ2n) is 5.65. The van der Waals surface area contributed by atoms with Gasteiger partial charge in [0.2, 0.25) is 0 Å². The molecule has 3 heterocycles. The third-order valence-corrected chi connectivity index (χ3v) is 5.75. The standard InChI is InChI=1S/C14H19N5O4S/c1-17(2)24(21,22)18-8-12(16-9-18)10-5-7-19(23-3)14(20)11-4-6-15-13(10)11/h4,6,8-10,15H,5,7H2,1-3H3. The van der Waals surface area contributed by atoms with Crippen molar-refractivity contribution in [3.05, 3.63) is 41.7 Å². The van der Waals surface area contributed by atoms with Crippen molar-refractivity contribution in [2.24, 2.45) is 0 Å². The number of hydroxylamine groups is 2. The molecule has 0 bridgehead atoms. The summed E-state index contributed by atoms with van der Waals surface area (Å²) in [4.78, 5) is 24.9. The Balaban J connectivity index is 2.01. The molecule has 1 amide bonds. The molecule has 1 unspecified atom stereocenters. The van der Waals surface area contributed by atoms with E-state index in [1.54, 1.807) is 12.3 Å². The lowest BCUT2D eigenvalue weighted by Gasteiger charge is -2.17. The fourth-order valence-corrected chi connectivity index (χ4v) is 3.55. The van der Waals surface area contributed by atoms with Crippen molar-refractivity contribution in [3.8, 4) is 0 Å². The van der Waals surface area contributed by atoms with E-state index in [9.17, 15) is 13.2 Å². The van der Waals surface area contributed by atoms with Crippen molar-refractivity contribution < 1.29 is 18.0 Å². The molecule has 0 saturated carbocycles. The van der Waals surface area contributed by atoms with Crippen molar-refractivity contribution >= 4 is 16.1 Å². The first-order valence-electron chi connectivity index (χ1n) is 7.36. The van der Waals surface area contributed by atoms with Crippen LogP contribution in [-0.4, -0.2) is 65.4 Å². The van der Waals surface area contributed by atoms with Crippen LogP contribution < -0.4 is 0 Å². The molecule has 2 aromatic rings. The Hall–Kier alpha value is -2.17. The average Bonchev–Trinajstić information content (AvgIpc) is 3.19. The lowest BCUT2D eigenvalue weighted by Crippen LogP contribution is -2.29. The number of H-pyrrole nitrogens is 1. The number of fused-ring (bicyclic) bond motifs is 1. The summed E-state index contributed by atoms with van der Waals surface area (Å²) in [7, 11) is 0.743. The number of aromatic amines is 1. The van der Waals surface area contributed by atoms with Gasteiger partial charge in [-0.3, -0.25) is 9.63 Å². The first-order valence-corrected chi connectivity index (χ1v) is 8.76. The molecular weight excluding hydrogens is 334 g/mol. The third kappa shape index (κ3) is 2.62. The smallest absolute Gasteiger partial charge is 0.308 e. The summed E-state index contributed by atoms with van der Waals surface area (Å²) < 4.78 is 26.6. The Morgan fingerprint density at radius 1 is 1.42 bits per heavy atom. The third-order valence-electron chi connectivity index (χ3n) is 4.09. The van der Waals surface area contributed by atoms with Gasteiger partial charge < -0.3 is 4.98 Å². The van der Waals surface area contributed by atoms with Crippen molar-refractivity contribution in [2.75, 3.05) is 27.7 Å². The molecular formula is C14H19N5O4S. The van der Waals surface area contributed by atoms with Gasteiger partial charge in [0.25, 0.3) is 5.91 Å². The number of amides is 1. The van der Waals surface area contributed by atoms with E-state index in [2.05, 4.69) is 9.97 Å². The molecule has 24 heavy (non-hydrogen) atoms. The molecule has 0 fully saturated rings. The topological polar surface area (TPSA) is 101 Å². The van der Waals surface area contributed by atoms with E-state index < -0.39 is 10.2 Å². The Morgan fingerprint density at radius 2 is 2.17 bits per heavy atom. The van der Waals surface area contributed by atoms with E-state index in [1.807, 2.05) is 0 Å². The normalized spacial score (nSPS) is 18.8. The summed E-state index contributed by atoms with van der Waals surface area (Å²) in [5, 5.41) is 1.29. The SMILES string of the molecule is CON1CCC(c2cn(S(=O)(=O)N(C)C)cn2)c2[nH]ccc2C1=O. The van der Waals surface area contributed by atoms with Gasteiger partial charge in [-0.05, 0) is 12.5 Å². The zero-order valence-corrected chi connectivity index (χ0v) is 14.4. The predicted molar refractivity (Wildman–Crippen MR) is 85.5 cm³/mol. The molecule has 0 spiro atoms. The molecule has 0 radical (unpaired) electrons. The van der Waals surface area contributed by atoms with E-state index in [0.717, 1.165) is 8.28 Å². The molecule has 1 atom stereocenters. The quantitative estimate of drug-likeness (QED) is 0.858. The minimum Gasteiger partial charge on any atom is -0.364 e. The predicted octanol–water partition coefficient (Wildman–Crippen LogP) is 0.405. The number of nitrogens with one attached hydrogen (secondary N) is 1. The minimum atomic E-state index is -3.62. The molecule has 3 rings (SSSR count). The van der Waals surface area contributed by atoms with Crippen LogP contribution in [0.3, 0.4) is 0 Å². The van der Waals surface area contributed by atoms with Crippen LogP contribution in [0.25, 0.3) is 0 Å². The summed E-state index contributed by atoms with van der Waals surface area (Å²) in [6.07, 6.45) is 5.00. The monoisotopic (exact) mass is 353 g/mol. The highest BCUT2D eigenvalue weighted by molar-refractivity contribution is 7.87. The van der Waals surface area contributed by atoms with Gasteiger partial charge in [0.1, 0.15) is 6.33 Å². The molecule has 1 N–H and O–H groups in total. The van der Waals surface area contributed by atoms with Crippen LogP contribution in [-0.2, 0) is 15.0 Å². The molecule has 0 aromatic carbocycles. The van der Waals surface area contributed by atoms with Crippen LogP contribution in [0.4, 0.5) is 0 Å². The van der Waals surface area contributed by atoms with Crippen LogP contribution in [0.2, 0.25) is 0 Å². The zero-order valence-electron chi connectivity index (χ0n) is 13.6. The van der Waals surface area contributed by atoms with Crippen LogP contribution in [0.1, 0.15) is 34.1 Å². The van der Waals surface area contributed by atoms with Crippen molar-refractivity contribution in [3.63, 3.8) is 0 Å². The molecule has 0 aliphatic carbocycles. The maximum Gasteiger partial charge on any atom is 0.308 e. The summed E-state index contributed by atoms with van der Waals surface area (Å²) in [5.74, 6) is -0.450. The number of aromatic nitrogens is 3. The Morgan fingerprint density at radius 3 is 2.83 bits per heavy atom. The first kappa shape index (κ1) is 16.7. The average molecular weight is 353 g/mol. The molecule has 9 nitrogen and oxygen atoms in total. The number of imidazole rings is 1. The number of hydrogen-bond acceptors (Lipinski definition) is 5. The summed E-state index contributed by atoms with van der Waals surface area (Å²) in [5.41, 5.74) is 1.80. The number of hydrogen-bond donors (Lipinski definition) is 1. The van der Waals surface area contributed by atoms with Gasteiger partial charge in [0.05, 0.1) is 24.9 Å². The minimum absolute atomic E-state index is 0.224. The van der Waals surface area contributed by atoms with E-state index in [-0.39, 0.29) is 11.8 Å². The molecule has 2 aromatic heterocycles. The van der Waals surface area contributed by atoms with Crippen LogP contribution in [0.5, 0.6) is 0 Å². The zero-order chi connectivity index (χ0) is 17.5. The first-order chi connectivity index (χ1) is 11.4. The Bertz CT molecular complexity index is 854. The van der Waals surface area contributed by atoms with Gasteiger partial charge in [-0.2, -0.15) is 12.7 Å². The summed E-state index contributed by atoms with van der Waals surface area (Å²) >= 11 is 0. The van der Waals surface area contributed by atoms with E-state index >= 15 is 0 Å². The van der Waals surface area contributed by atoms with Crippen molar-refractivity contribution in [2.45, 2.75) is 12.3 Å². The van der Waals surface area contributed by atoms with Crippen LogP contribution in [0.15, 0.2) is 24.8 Å².